The van der Waals surface area contributed by atoms with Crippen LogP contribution < -0.4 is 14.8 Å². The summed E-state index contributed by atoms with van der Waals surface area (Å²) in [6.07, 6.45) is 6.84. The zero-order chi connectivity index (χ0) is 14.9. The summed E-state index contributed by atoms with van der Waals surface area (Å²) >= 11 is 0. The van der Waals surface area contributed by atoms with Crippen LogP contribution in [0.15, 0.2) is 30.4 Å². The zero-order valence-corrected chi connectivity index (χ0v) is 13.2. The maximum Gasteiger partial charge on any atom is 0.231 e. The van der Waals surface area contributed by atoms with E-state index in [0.29, 0.717) is 18.8 Å². The summed E-state index contributed by atoms with van der Waals surface area (Å²) in [5.41, 5.74) is 1.62. The smallest absolute Gasteiger partial charge is 0.231 e. The van der Waals surface area contributed by atoms with Gasteiger partial charge in [-0.15, -0.1) is 0 Å². The minimum absolute atomic E-state index is 0.260. The minimum Gasteiger partial charge on any atom is -0.454 e. The van der Waals surface area contributed by atoms with Crippen LogP contribution in [0.3, 0.4) is 0 Å². The van der Waals surface area contributed by atoms with Crippen molar-refractivity contribution < 1.29 is 9.47 Å². The van der Waals surface area contributed by atoms with Gasteiger partial charge < -0.3 is 14.8 Å². The van der Waals surface area contributed by atoms with Gasteiger partial charge in [0.1, 0.15) is 0 Å². The average Bonchev–Trinajstić information content (AvgIpc) is 3.05. The number of fused-ring (bicyclic) bond motifs is 1. The van der Waals surface area contributed by atoms with E-state index in [9.17, 15) is 0 Å². The van der Waals surface area contributed by atoms with Gasteiger partial charge in [0.05, 0.1) is 0 Å². The van der Waals surface area contributed by atoms with Gasteiger partial charge in [-0.3, -0.25) is 0 Å². The molecule has 0 spiro atoms. The average molecular weight is 287 g/mol. The van der Waals surface area contributed by atoms with E-state index in [2.05, 4.69) is 50.4 Å². The summed E-state index contributed by atoms with van der Waals surface area (Å²) < 4.78 is 10.9. The second kappa shape index (κ2) is 5.72. The molecule has 114 valence electrons. The molecule has 21 heavy (non-hydrogen) atoms. The fraction of sp³-hybridized carbons (Fsp3) is 0.556. The van der Waals surface area contributed by atoms with E-state index in [1.165, 1.54) is 18.4 Å². The van der Waals surface area contributed by atoms with Crippen LogP contribution >= 0.6 is 0 Å². The summed E-state index contributed by atoms with van der Waals surface area (Å²) in [5, 5.41) is 3.68. The third-order valence-electron chi connectivity index (χ3n) is 4.48. The van der Waals surface area contributed by atoms with E-state index in [1.807, 2.05) is 6.07 Å². The van der Waals surface area contributed by atoms with E-state index < -0.39 is 0 Å². The molecule has 1 saturated heterocycles. The number of ether oxygens (including phenoxy) is 2. The Morgan fingerprint density at radius 3 is 2.90 bits per heavy atom. The third kappa shape index (κ3) is 3.24. The molecule has 2 aliphatic rings. The van der Waals surface area contributed by atoms with Crippen LogP contribution in [0.2, 0.25) is 0 Å². The van der Waals surface area contributed by atoms with E-state index in [0.717, 1.165) is 18.0 Å². The Morgan fingerprint density at radius 2 is 2.10 bits per heavy atom. The van der Waals surface area contributed by atoms with Gasteiger partial charge in [-0.1, -0.05) is 32.1 Å². The number of rotatable bonds is 4. The lowest BCUT2D eigenvalue weighted by Crippen LogP contribution is -2.27. The normalized spacial score (nSPS) is 24.9. The first-order valence-corrected chi connectivity index (χ1v) is 7.84. The number of nitrogens with one attached hydrogen (secondary N) is 1. The Labute approximate surface area is 127 Å². The molecule has 1 aromatic carbocycles. The predicted octanol–water partition coefficient (Wildman–Crippen LogP) is 3.85. The molecule has 0 aromatic heterocycles. The van der Waals surface area contributed by atoms with Crippen LogP contribution in [0, 0.1) is 5.41 Å². The summed E-state index contributed by atoms with van der Waals surface area (Å²) in [6, 6.07) is 6.95. The molecule has 2 atom stereocenters. The summed E-state index contributed by atoms with van der Waals surface area (Å²) in [7, 11) is 0. The van der Waals surface area contributed by atoms with Crippen LogP contribution in [0.25, 0.3) is 0 Å². The van der Waals surface area contributed by atoms with Crippen molar-refractivity contribution in [1.82, 2.24) is 5.32 Å². The molecule has 0 aliphatic carbocycles. The topological polar surface area (TPSA) is 30.5 Å². The van der Waals surface area contributed by atoms with Crippen molar-refractivity contribution in [1.29, 1.82) is 0 Å². The largest absolute Gasteiger partial charge is 0.454 e. The van der Waals surface area contributed by atoms with E-state index in [4.69, 9.17) is 9.47 Å². The number of hydrogen-bond donors (Lipinski definition) is 1. The van der Waals surface area contributed by atoms with Gasteiger partial charge >= 0.3 is 0 Å². The molecule has 2 heterocycles. The van der Waals surface area contributed by atoms with Gasteiger partial charge in [0.15, 0.2) is 11.5 Å². The van der Waals surface area contributed by atoms with Crippen LogP contribution in [0.5, 0.6) is 11.5 Å². The van der Waals surface area contributed by atoms with Crippen LogP contribution in [-0.4, -0.2) is 19.4 Å². The van der Waals surface area contributed by atoms with Gasteiger partial charge in [0, 0.05) is 12.6 Å². The van der Waals surface area contributed by atoms with Crippen LogP contribution in [0.1, 0.15) is 45.1 Å². The van der Waals surface area contributed by atoms with Crippen molar-refractivity contribution in [2.75, 3.05) is 13.3 Å². The number of allylic oxidation sites excluding steroid dienone is 2. The maximum atomic E-state index is 5.49. The highest BCUT2D eigenvalue weighted by atomic mass is 16.7. The van der Waals surface area contributed by atoms with Crippen LogP contribution in [0.4, 0.5) is 0 Å². The Kier molecular flexibility index (Phi) is 3.94. The molecule has 1 aromatic rings. The molecular formula is C18H25NO2. The fourth-order valence-corrected chi connectivity index (χ4v) is 3.55. The van der Waals surface area contributed by atoms with E-state index in [1.54, 1.807) is 0 Å². The highest BCUT2D eigenvalue weighted by Crippen LogP contribution is 2.38. The molecule has 3 heteroatoms. The Morgan fingerprint density at radius 1 is 1.29 bits per heavy atom. The summed E-state index contributed by atoms with van der Waals surface area (Å²) in [4.78, 5) is 0. The monoisotopic (exact) mass is 287 g/mol. The maximum absolute atomic E-state index is 5.49. The molecule has 0 radical (unpaired) electrons. The first kappa shape index (κ1) is 14.5. The zero-order valence-electron chi connectivity index (χ0n) is 13.2. The Balaban J connectivity index is 1.64. The highest BCUT2D eigenvalue weighted by Gasteiger charge is 2.30. The lowest BCUT2D eigenvalue weighted by atomic mass is 9.83. The lowest BCUT2D eigenvalue weighted by Gasteiger charge is -2.24. The molecule has 1 fully saturated rings. The van der Waals surface area contributed by atoms with Crippen molar-refractivity contribution in [3.05, 3.63) is 35.9 Å². The lowest BCUT2D eigenvalue weighted by molar-refractivity contribution is 0.174. The SMILES string of the molecule is C/C=C/C(C)(C)CC1CC(c2ccc3c(c2)OCO3)CN1. The van der Waals surface area contributed by atoms with E-state index in [-0.39, 0.29) is 5.41 Å². The van der Waals surface area contributed by atoms with Gasteiger partial charge in [-0.2, -0.15) is 0 Å². The molecular weight excluding hydrogens is 262 g/mol. The van der Waals surface area contributed by atoms with Crippen molar-refractivity contribution in [2.45, 2.75) is 45.6 Å². The predicted molar refractivity (Wildman–Crippen MR) is 84.9 cm³/mol. The number of hydrogen-bond acceptors (Lipinski definition) is 3. The summed E-state index contributed by atoms with van der Waals surface area (Å²) in [6.45, 7) is 8.11. The molecule has 3 nitrogen and oxygen atoms in total. The Hall–Kier alpha value is -1.48. The highest BCUT2D eigenvalue weighted by molar-refractivity contribution is 5.45. The molecule has 2 unspecified atom stereocenters. The molecule has 1 N–H and O–H groups in total. The first-order chi connectivity index (χ1) is 10.1. The first-order valence-electron chi connectivity index (χ1n) is 7.84. The molecule has 0 saturated carbocycles. The standard InChI is InChI=1S/C18H25NO2/c1-4-7-18(2,3)10-15-8-14(11-19-15)13-5-6-16-17(9-13)21-12-20-16/h4-7,9,14-15,19H,8,10-12H2,1-3H3/b7-4+. The fourth-order valence-electron chi connectivity index (χ4n) is 3.55. The quantitative estimate of drug-likeness (QED) is 0.853. The third-order valence-corrected chi connectivity index (χ3v) is 4.48. The molecule has 0 bridgehead atoms. The van der Waals surface area contributed by atoms with Crippen molar-refractivity contribution >= 4 is 0 Å². The molecule has 2 aliphatic heterocycles. The molecule has 0 amide bonds. The second-order valence-corrected chi connectivity index (χ2v) is 6.84. The van der Waals surface area contributed by atoms with Gasteiger partial charge in [-0.05, 0) is 48.8 Å². The van der Waals surface area contributed by atoms with Gasteiger partial charge in [0.25, 0.3) is 0 Å². The van der Waals surface area contributed by atoms with Crippen LogP contribution in [-0.2, 0) is 0 Å². The minimum atomic E-state index is 0.260. The Bertz CT molecular complexity index is 536. The van der Waals surface area contributed by atoms with Crippen molar-refractivity contribution in [3.8, 4) is 11.5 Å². The van der Waals surface area contributed by atoms with Gasteiger partial charge in [-0.25, -0.2) is 0 Å². The summed E-state index contributed by atoms with van der Waals surface area (Å²) in [5.74, 6) is 2.34. The van der Waals surface area contributed by atoms with E-state index >= 15 is 0 Å². The molecule has 3 rings (SSSR count). The second-order valence-electron chi connectivity index (χ2n) is 6.84. The van der Waals surface area contributed by atoms with Crippen molar-refractivity contribution in [2.24, 2.45) is 5.41 Å². The number of benzene rings is 1. The van der Waals surface area contributed by atoms with Crippen molar-refractivity contribution in [3.63, 3.8) is 0 Å². The van der Waals surface area contributed by atoms with Gasteiger partial charge in [0.2, 0.25) is 6.79 Å².